The van der Waals surface area contributed by atoms with E-state index in [0.717, 1.165) is 148 Å². The zero-order valence-electron chi connectivity index (χ0n) is 65.3. The molecule has 3 N–H and O–H groups in total. The summed E-state index contributed by atoms with van der Waals surface area (Å²) in [5.74, 6) is -2.18. The third-order valence-electron chi connectivity index (χ3n) is 18.0. The Morgan fingerprint density at radius 3 is 0.755 bits per heavy atom. The number of carbonyl (C=O) groups excluding carboxylic acids is 4. The summed E-state index contributed by atoms with van der Waals surface area (Å²) in [7, 11) is -9.95. The van der Waals surface area contributed by atoms with E-state index in [0.29, 0.717) is 25.7 Å². The van der Waals surface area contributed by atoms with Crippen molar-refractivity contribution in [3.05, 3.63) is 60.8 Å². The van der Waals surface area contributed by atoms with Gasteiger partial charge < -0.3 is 33.8 Å². The number of hydrogen-bond donors (Lipinski definition) is 3. The molecular weight excluding hydrogens is 1330 g/mol. The van der Waals surface area contributed by atoms with E-state index in [-0.39, 0.29) is 25.7 Å². The lowest BCUT2D eigenvalue weighted by Gasteiger charge is -2.21. The molecule has 0 aromatic rings. The van der Waals surface area contributed by atoms with Crippen LogP contribution in [0.3, 0.4) is 0 Å². The highest BCUT2D eigenvalue weighted by Gasteiger charge is 2.30. The number of hydrogen-bond acceptors (Lipinski definition) is 15. The fourth-order valence-corrected chi connectivity index (χ4v) is 13.2. The molecule has 0 rings (SSSR count). The average Bonchev–Trinajstić information content (AvgIpc) is 0.926. The Balaban J connectivity index is 5.34. The van der Waals surface area contributed by atoms with Crippen molar-refractivity contribution in [1.29, 1.82) is 0 Å². The van der Waals surface area contributed by atoms with Crippen molar-refractivity contribution in [3.8, 4) is 0 Å². The summed E-state index contributed by atoms with van der Waals surface area (Å²) in [6, 6.07) is 0. The summed E-state index contributed by atoms with van der Waals surface area (Å²) in [6.07, 6.45) is 76.1. The first-order valence-corrected chi connectivity index (χ1v) is 44.5. The number of aliphatic hydroxyl groups excluding tert-OH is 1. The lowest BCUT2D eigenvalue weighted by atomic mass is 10.0. The predicted octanol–water partition coefficient (Wildman–Crippen LogP) is 24.2. The quantitative estimate of drug-likeness (QED) is 0.0169. The molecule has 0 aromatic carbocycles. The van der Waals surface area contributed by atoms with Crippen LogP contribution in [-0.2, 0) is 65.4 Å². The molecule has 102 heavy (non-hydrogen) atoms. The monoisotopic (exact) mass is 1480 g/mol. The smallest absolute Gasteiger partial charge is 0.462 e. The molecule has 19 heteroatoms. The fraction of sp³-hybridized carbons (Fsp3) is 0.831. The van der Waals surface area contributed by atoms with Gasteiger partial charge in [0.1, 0.15) is 19.3 Å². The Hall–Kier alpha value is -3.24. The van der Waals surface area contributed by atoms with Crippen LogP contribution in [0.15, 0.2) is 60.8 Å². The Morgan fingerprint density at radius 2 is 0.480 bits per heavy atom. The lowest BCUT2D eigenvalue weighted by molar-refractivity contribution is -0.161. The Morgan fingerprint density at radius 1 is 0.275 bits per heavy atom. The first-order valence-electron chi connectivity index (χ1n) is 41.5. The molecule has 0 fully saturated rings. The number of ether oxygens (including phenoxy) is 4. The molecule has 0 bridgehead atoms. The molecule has 0 aliphatic carbocycles. The van der Waals surface area contributed by atoms with E-state index in [1.54, 1.807) is 0 Å². The maximum absolute atomic E-state index is 13.1. The molecular formula is C83H152O17P2. The van der Waals surface area contributed by atoms with E-state index in [1.807, 2.05) is 0 Å². The van der Waals surface area contributed by atoms with Gasteiger partial charge in [-0.05, 0) is 116 Å². The minimum atomic E-state index is -4.98. The van der Waals surface area contributed by atoms with E-state index in [1.165, 1.54) is 161 Å². The molecule has 17 nitrogen and oxygen atoms in total. The van der Waals surface area contributed by atoms with Crippen molar-refractivity contribution < 1.29 is 80.2 Å². The Bertz CT molecular complexity index is 2170. The molecule has 0 spiro atoms. The predicted molar refractivity (Wildman–Crippen MR) is 418 cm³/mol. The SMILES string of the molecule is CCCCC/C=C\C/C=C\CCCCCCCC(=O)OC[C@H](COP(=O)(O)OC[C@H](O)COP(=O)(O)OC[C@@H](COC(=O)CCCCCCCCCCCCCCCCCCC)OC(=O)CCCCCCC/C=C\CCCCCCCC)OC(=O)CCCCCCC/C=C\C/C=C\CCCCC. The molecule has 0 saturated carbocycles. The van der Waals surface area contributed by atoms with Crippen LogP contribution in [0.4, 0.5) is 0 Å². The first-order chi connectivity index (χ1) is 49.7. The van der Waals surface area contributed by atoms with Crippen LogP contribution in [0.25, 0.3) is 0 Å². The number of unbranched alkanes of at least 4 members (excludes halogenated alkanes) is 43. The second-order valence-corrected chi connectivity index (χ2v) is 31.0. The minimum absolute atomic E-state index is 0.0792. The van der Waals surface area contributed by atoms with Crippen LogP contribution >= 0.6 is 15.6 Å². The molecule has 0 aliphatic heterocycles. The van der Waals surface area contributed by atoms with Crippen LogP contribution in [0.1, 0.15) is 387 Å². The number of rotatable bonds is 79. The number of aliphatic hydroxyl groups is 1. The Labute approximate surface area is 622 Å². The van der Waals surface area contributed by atoms with Gasteiger partial charge in [-0.15, -0.1) is 0 Å². The summed E-state index contributed by atoms with van der Waals surface area (Å²) in [5, 5.41) is 10.6. The second kappa shape index (κ2) is 76.0. The van der Waals surface area contributed by atoms with Gasteiger partial charge in [-0.3, -0.25) is 37.3 Å². The summed E-state index contributed by atoms with van der Waals surface area (Å²) in [5.41, 5.74) is 0. The lowest BCUT2D eigenvalue weighted by Crippen LogP contribution is -2.30. The summed E-state index contributed by atoms with van der Waals surface area (Å²) < 4.78 is 68.7. The molecule has 2 unspecified atom stereocenters. The molecule has 0 aliphatic rings. The van der Waals surface area contributed by atoms with E-state index in [2.05, 4.69) is 88.5 Å². The van der Waals surface area contributed by atoms with Gasteiger partial charge in [-0.25, -0.2) is 9.13 Å². The second-order valence-electron chi connectivity index (χ2n) is 28.1. The van der Waals surface area contributed by atoms with Crippen molar-refractivity contribution in [2.75, 3.05) is 39.6 Å². The molecule has 5 atom stereocenters. The number of esters is 4. The van der Waals surface area contributed by atoms with Gasteiger partial charge in [0, 0.05) is 25.7 Å². The standard InChI is InChI=1S/C83H152O17P2/c1-5-9-13-17-21-25-29-33-37-38-42-44-48-52-56-60-64-68-81(86)94-74-79(100-83(88)70-66-62-58-54-50-46-41-36-32-28-24-20-16-12-8-4)76-98-102(91,92)96-72-77(84)71-95-101(89,90)97-75-78(99-82(87)69-65-61-57-53-49-45-40-35-31-27-23-19-15-11-7-3)73-93-80(85)67-63-59-55-51-47-43-39-34-30-26-22-18-14-10-6-2/h22-23,26-27,34-36,39-41,77-79,84H,5-21,24-25,28-33,37-38,42-76H2,1-4H3,(H,89,90)(H,91,92)/b26-22-,27-23-,39-34-,40-35-,41-36-/t77-,78+,79+/m0/s1. The van der Waals surface area contributed by atoms with Gasteiger partial charge in [-0.1, -0.05) is 307 Å². The number of phosphoric ester groups is 2. The van der Waals surface area contributed by atoms with E-state index in [9.17, 15) is 43.2 Å². The third-order valence-corrected chi connectivity index (χ3v) is 19.9. The molecule has 0 saturated heterocycles. The summed E-state index contributed by atoms with van der Waals surface area (Å²) >= 11 is 0. The number of phosphoric acid groups is 2. The largest absolute Gasteiger partial charge is 0.472 e. The van der Waals surface area contributed by atoms with Crippen molar-refractivity contribution in [2.24, 2.45) is 0 Å². The van der Waals surface area contributed by atoms with Gasteiger partial charge >= 0.3 is 39.5 Å². The molecule has 0 aromatic heterocycles. The van der Waals surface area contributed by atoms with Crippen molar-refractivity contribution in [3.63, 3.8) is 0 Å². The van der Waals surface area contributed by atoms with E-state index in [4.69, 9.17) is 37.0 Å². The minimum Gasteiger partial charge on any atom is -0.462 e. The Kier molecular flexibility index (Phi) is 73.6. The van der Waals surface area contributed by atoms with Crippen LogP contribution in [0.5, 0.6) is 0 Å². The molecule has 0 amide bonds. The number of allylic oxidation sites excluding steroid dienone is 10. The number of carbonyl (C=O) groups is 4. The average molecular weight is 1480 g/mol. The van der Waals surface area contributed by atoms with Crippen LogP contribution in [-0.4, -0.2) is 96.7 Å². The van der Waals surface area contributed by atoms with E-state index >= 15 is 0 Å². The van der Waals surface area contributed by atoms with Gasteiger partial charge in [0.2, 0.25) is 0 Å². The fourth-order valence-electron chi connectivity index (χ4n) is 11.6. The highest BCUT2D eigenvalue weighted by Crippen LogP contribution is 2.45. The maximum Gasteiger partial charge on any atom is 0.472 e. The van der Waals surface area contributed by atoms with Crippen molar-refractivity contribution in [1.82, 2.24) is 0 Å². The van der Waals surface area contributed by atoms with Crippen molar-refractivity contribution >= 4 is 39.5 Å². The summed E-state index contributed by atoms with van der Waals surface area (Å²) in [6.45, 7) is 4.87. The highest BCUT2D eigenvalue weighted by molar-refractivity contribution is 7.47. The molecule has 0 heterocycles. The molecule has 0 radical (unpaired) electrons. The van der Waals surface area contributed by atoms with Gasteiger partial charge in [0.05, 0.1) is 26.4 Å². The van der Waals surface area contributed by atoms with Gasteiger partial charge in [0.25, 0.3) is 0 Å². The van der Waals surface area contributed by atoms with Crippen LogP contribution in [0.2, 0.25) is 0 Å². The van der Waals surface area contributed by atoms with Gasteiger partial charge in [-0.2, -0.15) is 0 Å². The molecule has 596 valence electrons. The maximum atomic E-state index is 13.1. The normalized spacial score (nSPS) is 14.1. The van der Waals surface area contributed by atoms with Gasteiger partial charge in [0.15, 0.2) is 12.2 Å². The highest BCUT2D eigenvalue weighted by atomic mass is 31.2. The zero-order chi connectivity index (χ0) is 74.6. The summed E-state index contributed by atoms with van der Waals surface area (Å²) in [4.78, 5) is 73.1. The third kappa shape index (κ3) is 75.0. The zero-order valence-corrected chi connectivity index (χ0v) is 67.1. The van der Waals surface area contributed by atoms with Crippen LogP contribution < -0.4 is 0 Å². The van der Waals surface area contributed by atoms with E-state index < -0.39 is 97.5 Å². The first kappa shape index (κ1) is 98.8. The topological polar surface area (TPSA) is 237 Å². The van der Waals surface area contributed by atoms with Crippen molar-refractivity contribution in [2.45, 2.75) is 406 Å². The van der Waals surface area contributed by atoms with Crippen LogP contribution in [0, 0.1) is 0 Å².